The molecule has 2 aromatic rings. The summed E-state index contributed by atoms with van der Waals surface area (Å²) in [5, 5.41) is 2.80. The first-order valence-electron chi connectivity index (χ1n) is 7.92. The van der Waals surface area contributed by atoms with Crippen molar-refractivity contribution in [2.24, 2.45) is 0 Å². The average molecular weight is 343 g/mol. The molecule has 130 valence electrons. The van der Waals surface area contributed by atoms with Gasteiger partial charge in [0.05, 0.1) is 25.1 Å². The van der Waals surface area contributed by atoms with Crippen molar-refractivity contribution in [1.29, 1.82) is 0 Å². The first-order valence-corrected chi connectivity index (χ1v) is 7.92. The van der Waals surface area contributed by atoms with Crippen LogP contribution in [0.3, 0.4) is 0 Å². The van der Waals surface area contributed by atoms with Crippen LogP contribution in [0.1, 0.15) is 47.0 Å². The van der Waals surface area contributed by atoms with Gasteiger partial charge in [0, 0.05) is 5.56 Å². The first kappa shape index (κ1) is 17.0. The fourth-order valence-electron chi connectivity index (χ4n) is 2.88. The van der Waals surface area contributed by atoms with E-state index < -0.39 is 17.9 Å². The van der Waals surface area contributed by atoms with Gasteiger partial charge in [-0.05, 0) is 30.7 Å². The largest absolute Gasteiger partial charge is 0.494 e. The van der Waals surface area contributed by atoms with Gasteiger partial charge in [-0.25, -0.2) is 9.18 Å². The van der Waals surface area contributed by atoms with E-state index in [1.165, 1.54) is 19.2 Å². The fourth-order valence-corrected chi connectivity index (χ4v) is 2.88. The zero-order valence-electron chi connectivity index (χ0n) is 13.9. The monoisotopic (exact) mass is 343 g/mol. The van der Waals surface area contributed by atoms with E-state index in [-0.39, 0.29) is 24.1 Å². The highest BCUT2D eigenvalue weighted by atomic mass is 19.1. The molecule has 1 aliphatic heterocycles. The number of amides is 1. The number of halogens is 1. The maximum absolute atomic E-state index is 13.8. The van der Waals surface area contributed by atoms with Crippen molar-refractivity contribution < 1.29 is 23.5 Å². The molecular formula is C19H18FNO4. The number of ether oxygens (including phenoxy) is 2. The lowest BCUT2D eigenvalue weighted by Crippen LogP contribution is -2.28. The number of methoxy groups -OCH3 is 1. The standard InChI is InChI=1S/C19H18FNO4/c1-11(12-7-8-16(24-2)15(20)9-12)21-18(22)10-17-13-5-3-4-6-14(13)19(23)25-17/h3-9,11,17H,10H2,1-2H3,(H,21,22)/t11-,17+/m0/s1. The summed E-state index contributed by atoms with van der Waals surface area (Å²) < 4.78 is 23.9. The Balaban J connectivity index is 1.65. The topological polar surface area (TPSA) is 64.6 Å². The average Bonchev–Trinajstić information content (AvgIpc) is 2.91. The summed E-state index contributed by atoms with van der Waals surface area (Å²) in [4.78, 5) is 24.1. The number of rotatable bonds is 5. The van der Waals surface area contributed by atoms with Crippen LogP contribution in [0.2, 0.25) is 0 Å². The van der Waals surface area contributed by atoms with Crippen molar-refractivity contribution in [1.82, 2.24) is 5.32 Å². The molecule has 0 unspecified atom stereocenters. The number of carbonyl (C=O) groups is 2. The quantitative estimate of drug-likeness (QED) is 0.846. The van der Waals surface area contributed by atoms with Gasteiger partial charge in [0.2, 0.25) is 5.91 Å². The van der Waals surface area contributed by atoms with Crippen LogP contribution in [0.15, 0.2) is 42.5 Å². The molecule has 1 amide bonds. The van der Waals surface area contributed by atoms with Crippen molar-refractivity contribution in [2.75, 3.05) is 7.11 Å². The van der Waals surface area contributed by atoms with Gasteiger partial charge in [-0.2, -0.15) is 0 Å². The van der Waals surface area contributed by atoms with Crippen molar-refractivity contribution in [2.45, 2.75) is 25.5 Å². The fraction of sp³-hybridized carbons (Fsp3) is 0.263. The van der Waals surface area contributed by atoms with Gasteiger partial charge in [0.1, 0.15) is 6.10 Å². The highest BCUT2D eigenvalue weighted by Crippen LogP contribution is 2.33. The van der Waals surface area contributed by atoms with Crippen molar-refractivity contribution in [3.05, 3.63) is 65.0 Å². The Labute approximate surface area is 144 Å². The number of cyclic esters (lactones) is 1. The molecule has 1 aliphatic rings. The Kier molecular flexibility index (Phi) is 4.70. The number of nitrogens with one attached hydrogen (secondary N) is 1. The summed E-state index contributed by atoms with van der Waals surface area (Å²) >= 11 is 0. The van der Waals surface area contributed by atoms with Gasteiger partial charge in [-0.15, -0.1) is 0 Å². The molecule has 0 aliphatic carbocycles. The van der Waals surface area contributed by atoms with Gasteiger partial charge in [0.25, 0.3) is 0 Å². The van der Waals surface area contributed by atoms with Crippen molar-refractivity contribution >= 4 is 11.9 Å². The second kappa shape index (κ2) is 6.93. The minimum atomic E-state index is -0.594. The third kappa shape index (κ3) is 3.47. The molecule has 0 radical (unpaired) electrons. The van der Waals surface area contributed by atoms with E-state index in [1.54, 1.807) is 37.3 Å². The number of esters is 1. The molecule has 1 heterocycles. The lowest BCUT2D eigenvalue weighted by molar-refractivity contribution is -0.123. The van der Waals surface area contributed by atoms with Gasteiger partial charge < -0.3 is 14.8 Å². The van der Waals surface area contributed by atoms with Crippen LogP contribution in [0.5, 0.6) is 5.75 Å². The van der Waals surface area contributed by atoms with E-state index in [4.69, 9.17) is 9.47 Å². The summed E-state index contributed by atoms with van der Waals surface area (Å²) in [6.07, 6.45) is -0.574. The molecule has 0 fully saturated rings. The van der Waals surface area contributed by atoms with E-state index >= 15 is 0 Å². The van der Waals surface area contributed by atoms with Crippen LogP contribution in [-0.2, 0) is 9.53 Å². The molecule has 0 spiro atoms. The molecule has 0 saturated carbocycles. The Morgan fingerprint density at radius 1 is 1.32 bits per heavy atom. The summed E-state index contributed by atoms with van der Waals surface area (Å²) in [5.41, 5.74) is 1.83. The maximum atomic E-state index is 13.8. The Hall–Kier alpha value is -2.89. The zero-order valence-corrected chi connectivity index (χ0v) is 13.9. The van der Waals surface area contributed by atoms with Gasteiger partial charge in [-0.1, -0.05) is 24.3 Å². The van der Waals surface area contributed by atoms with Crippen molar-refractivity contribution in [3.8, 4) is 5.75 Å². The third-order valence-electron chi connectivity index (χ3n) is 4.20. The minimum absolute atomic E-state index is 0.0196. The minimum Gasteiger partial charge on any atom is -0.494 e. The number of benzene rings is 2. The smallest absolute Gasteiger partial charge is 0.339 e. The van der Waals surface area contributed by atoms with E-state index in [2.05, 4.69) is 5.32 Å². The third-order valence-corrected chi connectivity index (χ3v) is 4.20. The SMILES string of the molecule is COc1ccc([C@H](C)NC(=O)C[C@H]2OC(=O)c3ccccc32)cc1F. The van der Waals surface area contributed by atoms with Crippen LogP contribution in [-0.4, -0.2) is 19.0 Å². The van der Waals surface area contributed by atoms with Crippen molar-refractivity contribution in [3.63, 3.8) is 0 Å². The lowest BCUT2D eigenvalue weighted by Gasteiger charge is -2.17. The molecule has 3 rings (SSSR count). The van der Waals surface area contributed by atoms with E-state index in [1.807, 2.05) is 0 Å². The predicted octanol–water partition coefficient (Wildman–Crippen LogP) is 3.31. The normalized spacial score (nSPS) is 16.8. The predicted molar refractivity (Wildman–Crippen MR) is 88.7 cm³/mol. The maximum Gasteiger partial charge on any atom is 0.339 e. The van der Waals surface area contributed by atoms with Gasteiger partial charge >= 0.3 is 5.97 Å². The summed E-state index contributed by atoms with van der Waals surface area (Å²) in [5.74, 6) is -1.03. The summed E-state index contributed by atoms with van der Waals surface area (Å²) in [6, 6.07) is 11.2. The lowest BCUT2D eigenvalue weighted by atomic mass is 10.0. The molecule has 6 heteroatoms. The first-order chi connectivity index (χ1) is 12.0. The highest BCUT2D eigenvalue weighted by Gasteiger charge is 2.32. The van der Waals surface area contributed by atoms with Gasteiger partial charge in [-0.3, -0.25) is 4.79 Å². The number of hydrogen-bond donors (Lipinski definition) is 1. The highest BCUT2D eigenvalue weighted by molar-refractivity contribution is 5.94. The van der Waals surface area contributed by atoms with Crippen LogP contribution in [0, 0.1) is 5.82 Å². The molecule has 25 heavy (non-hydrogen) atoms. The summed E-state index contributed by atoms with van der Waals surface area (Å²) in [7, 11) is 1.39. The molecular weight excluding hydrogens is 325 g/mol. The second-order valence-electron chi connectivity index (χ2n) is 5.87. The Bertz CT molecular complexity index is 821. The zero-order chi connectivity index (χ0) is 18.0. The number of carbonyl (C=O) groups excluding carboxylic acids is 2. The van der Waals surface area contributed by atoms with E-state index in [0.29, 0.717) is 16.7 Å². The van der Waals surface area contributed by atoms with E-state index in [0.717, 1.165) is 0 Å². The van der Waals surface area contributed by atoms with Crippen LogP contribution >= 0.6 is 0 Å². The second-order valence-corrected chi connectivity index (χ2v) is 5.87. The van der Waals surface area contributed by atoms with Crippen LogP contribution in [0.4, 0.5) is 4.39 Å². The molecule has 2 atom stereocenters. The summed E-state index contributed by atoms with van der Waals surface area (Å²) in [6.45, 7) is 1.76. The Morgan fingerprint density at radius 3 is 2.80 bits per heavy atom. The van der Waals surface area contributed by atoms with Gasteiger partial charge in [0.15, 0.2) is 11.6 Å². The number of hydrogen-bond acceptors (Lipinski definition) is 4. The molecule has 0 saturated heterocycles. The van der Waals surface area contributed by atoms with Crippen LogP contribution in [0.25, 0.3) is 0 Å². The molecule has 0 bridgehead atoms. The molecule has 0 aromatic heterocycles. The Morgan fingerprint density at radius 2 is 2.08 bits per heavy atom. The molecule has 5 nitrogen and oxygen atoms in total. The molecule has 2 aromatic carbocycles. The van der Waals surface area contributed by atoms with Crippen LogP contribution < -0.4 is 10.1 Å². The van der Waals surface area contributed by atoms with E-state index in [9.17, 15) is 14.0 Å². The molecule has 1 N–H and O–H groups in total. The number of fused-ring (bicyclic) bond motifs is 1.